The van der Waals surface area contributed by atoms with Crippen LogP contribution in [0.4, 0.5) is 0 Å². The predicted octanol–water partition coefficient (Wildman–Crippen LogP) is 1.74. The highest BCUT2D eigenvalue weighted by molar-refractivity contribution is 7.88. The molecule has 114 valence electrons. The van der Waals surface area contributed by atoms with E-state index in [0.717, 1.165) is 24.4 Å². The zero-order valence-electron chi connectivity index (χ0n) is 12.4. The Hall–Kier alpha value is -0.850. The Kier molecular flexibility index (Phi) is 4.88. The lowest BCUT2D eigenvalue weighted by Crippen LogP contribution is -2.50. The Morgan fingerprint density at radius 2 is 2.20 bits per heavy atom. The highest BCUT2D eigenvalue weighted by Crippen LogP contribution is 2.22. The van der Waals surface area contributed by atoms with Crippen molar-refractivity contribution in [2.75, 3.05) is 19.3 Å². The molecular formula is C14H24N2O3S. The number of piperidine rings is 1. The third kappa shape index (κ3) is 3.84. The van der Waals surface area contributed by atoms with Gasteiger partial charge in [-0.3, -0.25) is 0 Å². The van der Waals surface area contributed by atoms with Gasteiger partial charge in [0.2, 0.25) is 10.0 Å². The lowest BCUT2D eigenvalue weighted by atomic mass is 9.91. The van der Waals surface area contributed by atoms with Crippen molar-refractivity contribution in [3.8, 4) is 0 Å². The molecule has 2 heterocycles. The number of aryl methyl sites for hydroxylation is 1. The number of nitrogens with zero attached hydrogens (tertiary/aromatic N) is 1. The van der Waals surface area contributed by atoms with Crippen LogP contribution in [-0.4, -0.2) is 38.1 Å². The van der Waals surface area contributed by atoms with Gasteiger partial charge in [-0.25, -0.2) is 12.7 Å². The summed E-state index contributed by atoms with van der Waals surface area (Å²) in [5, 5.41) is 3.51. The Bertz CT molecular complexity index is 538. The Morgan fingerprint density at radius 1 is 1.45 bits per heavy atom. The molecule has 1 fully saturated rings. The topological polar surface area (TPSA) is 62.6 Å². The van der Waals surface area contributed by atoms with Crippen LogP contribution in [0.2, 0.25) is 0 Å². The minimum absolute atomic E-state index is 0.350. The summed E-state index contributed by atoms with van der Waals surface area (Å²) >= 11 is 0. The van der Waals surface area contributed by atoms with Crippen molar-refractivity contribution in [2.24, 2.45) is 5.92 Å². The molecule has 2 atom stereocenters. The van der Waals surface area contributed by atoms with Crippen molar-refractivity contribution < 1.29 is 12.8 Å². The first kappa shape index (κ1) is 15.5. The summed E-state index contributed by atoms with van der Waals surface area (Å²) < 4.78 is 30.4. The van der Waals surface area contributed by atoms with Gasteiger partial charge >= 0.3 is 0 Å². The first-order chi connectivity index (χ1) is 9.40. The first-order valence-corrected chi connectivity index (χ1v) is 8.98. The zero-order valence-corrected chi connectivity index (χ0v) is 13.2. The average Bonchev–Trinajstić information content (AvgIpc) is 2.81. The largest absolute Gasteiger partial charge is 0.465 e. The van der Waals surface area contributed by atoms with Crippen LogP contribution in [0.3, 0.4) is 0 Å². The van der Waals surface area contributed by atoms with Crippen LogP contribution in [0, 0.1) is 12.8 Å². The third-order valence-corrected chi connectivity index (χ3v) is 5.29. The highest BCUT2D eigenvalue weighted by Gasteiger charge is 2.31. The Morgan fingerprint density at radius 3 is 2.75 bits per heavy atom. The summed E-state index contributed by atoms with van der Waals surface area (Å²) in [5.41, 5.74) is 0. The molecule has 1 aromatic rings. The van der Waals surface area contributed by atoms with E-state index in [-0.39, 0.29) is 0 Å². The van der Waals surface area contributed by atoms with Gasteiger partial charge in [-0.2, -0.15) is 0 Å². The van der Waals surface area contributed by atoms with Crippen molar-refractivity contribution in [2.45, 2.75) is 39.3 Å². The maximum atomic E-state index is 11.6. The lowest BCUT2D eigenvalue weighted by molar-refractivity contribution is 0.199. The van der Waals surface area contributed by atoms with Crippen molar-refractivity contribution in [1.29, 1.82) is 0 Å². The molecule has 0 bridgehead atoms. The van der Waals surface area contributed by atoms with E-state index in [9.17, 15) is 8.42 Å². The van der Waals surface area contributed by atoms with Crippen LogP contribution in [0.25, 0.3) is 0 Å². The van der Waals surface area contributed by atoms with Gasteiger partial charge in [-0.05, 0) is 31.4 Å². The zero-order chi connectivity index (χ0) is 14.8. The van der Waals surface area contributed by atoms with Crippen molar-refractivity contribution in [1.82, 2.24) is 9.62 Å². The van der Waals surface area contributed by atoms with Crippen LogP contribution in [-0.2, 0) is 16.6 Å². The second kappa shape index (κ2) is 6.28. The normalized spacial score (nSPS) is 24.9. The van der Waals surface area contributed by atoms with Crippen LogP contribution in [0.5, 0.6) is 0 Å². The molecule has 0 amide bonds. The molecule has 1 aliphatic rings. The molecule has 1 aromatic heterocycles. The highest BCUT2D eigenvalue weighted by atomic mass is 32.2. The van der Waals surface area contributed by atoms with Gasteiger partial charge in [0.15, 0.2) is 0 Å². The van der Waals surface area contributed by atoms with Crippen molar-refractivity contribution in [3.63, 3.8) is 0 Å². The summed E-state index contributed by atoms with van der Waals surface area (Å²) in [6.07, 6.45) is 3.12. The Balaban J connectivity index is 1.92. The summed E-state index contributed by atoms with van der Waals surface area (Å²) in [4.78, 5) is 0. The standard InChI is InChI=1S/C14H24N2O3S/c1-4-12-10-16(20(3,17)18)8-7-14(12)15-9-13-6-5-11(2)19-13/h5-6,12,14-15H,4,7-10H2,1-3H3/t12-,14+/m1/s1. The molecule has 1 N–H and O–H groups in total. The van der Waals surface area contributed by atoms with E-state index in [1.165, 1.54) is 6.26 Å². The minimum Gasteiger partial charge on any atom is -0.465 e. The third-order valence-electron chi connectivity index (χ3n) is 4.02. The molecule has 5 nitrogen and oxygen atoms in total. The number of nitrogens with one attached hydrogen (secondary N) is 1. The van der Waals surface area contributed by atoms with Crippen LogP contribution in [0.15, 0.2) is 16.5 Å². The maximum Gasteiger partial charge on any atom is 0.211 e. The predicted molar refractivity (Wildman–Crippen MR) is 78.9 cm³/mol. The van der Waals surface area contributed by atoms with E-state index in [4.69, 9.17) is 4.42 Å². The van der Waals surface area contributed by atoms with E-state index in [1.54, 1.807) is 4.31 Å². The van der Waals surface area contributed by atoms with Gasteiger partial charge in [0, 0.05) is 19.1 Å². The van der Waals surface area contributed by atoms with E-state index >= 15 is 0 Å². The fraction of sp³-hybridized carbons (Fsp3) is 0.714. The SMILES string of the molecule is CC[C@@H]1CN(S(C)(=O)=O)CC[C@@H]1NCc1ccc(C)o1. The van der Waals surface area contributed by atoms with Crippen LogP contribution in [0.1, 0.15) is 31.3 Å². The van der Waals surface area contributed by atoms with E-state index in [2.05, 4.69) is 12.2 Å². The fourth-order valence-corrected chi connectivity index (χ4v) is 3.69. The lowest BCUT2D eigenvalue weighted by Gasteiger charge is -2.37. The maximum absolute atomic E-state index is 11.6. The molecular weight excluding hydrogens is 276 g/mol. The smallest absolute Gasteiger partial charge is 0.211 e. The number of hydrogen-bond acceptors (Lipinski definition) is 4. The molecule has 0 unspecified atom stereocenters. The number of rotatable bonds is 5. The molecule has 1 aliphatic heterocycles. The number of hydrogen-bond donors (Lipinski definition) is 1. The first-order valence-electron chi connectivity index (χ1n) is 7.14. The molecule has 1 saturated heterocycles. The van der Waals surface area contributed by atoms with Crippen molar-refractivity contribution in [3.05, 3.63) is 23.7 Å². The van der Waals surface area contributed by atoms with E-state index in [1.807, 2.05) is 19.1 Å². The van der Waals surface area contributed by atoms with E-state index < -0.39 is 10.0 Å². The molecule has 6 heteroatoms. The van der Waals surface area contributed by atoms with Crippen LogP contribution < -0.4 is 5.32 Å². The van der Waals surface area contributed by atoms with E-state index in [0.29, 0.717) is 31.6 Å². The van der Waals surface area contributed by atoms with Gasteiger partial charge in [0.05, 0.1) is 12.8 Å². The minimum atomic E-state index is -3.07. The summed E-state index contributed by atoms with van der Waals surface area (Å²) in [5.74, 6) is 2.21. The number of furan rings is 1. The second-order valence-corrected chi connectivity index (χ2v) is 7.56. The molecule has 0 spiro atoms. The van der Waals surface area contributed by atoms with Crippen LogP contribution >= 0.6 is 0 Å². The fourth-order valence-electron chi connectivity index (χ4n) is 2.79. The summed E-state index contributed by atoms with van der Waals surface area (Å²) in [6.45, 7) is 5.97. The molecule has 0 aliphatic carbocycles. The molecule has 0 radical (unpaired) electrons. The van der Waals surface area contributed by atoms with Gasteiger partial charge in [0.25, 0.3) is 0 Å². The molecule has 0 saturated carbocycles. The van der Waals surface area contributed by atoms with Gasteiger partial charge < -0.3 is 9.73 Å². The van der Waals surface area contributed by atoms with Gasteiger partial charge in [-0.15, -0.1) is 0 Å². The summed E-state index contributed by atoms with van der Waals surface area (Å²) in [7, 11) is -3.07. The summed E-state index contributed by atoms with van der Waals surface area (Å²) in [6, 6.07) is 4.29. The van der Waals surface area contributed by atoms with Gasteiger partial charge in [-0.1, -0.05) is 13.3 Å². The average molecular weight is 300 g/mol. The van der Waals surface area contributed by atoms with Gasteiger partial charge in [0.1, 0.15) is 11.5 Å². The quantitative estimate of drug-likeness (QED) is 0.899. The molecule has 20 heavy (non-hydrogen) atoms. The Labute approximate surface area is 121 Å². The molecule has 0 aromatic carbocycles. The molecule has 2 rings (SSSR count). The number of sulfonamides is 1. The monoisotopic (exact) mass is 300 g/mol. The second-order valence-electron chi connectivity index (χ2n) is 5.58. The van der Waals surface area contributed by atoms with Crippen molar-refractivity contribution >= 4 is 10.0 Å².